The molecule has 1 aromatic carbocycles. The largest absolute Gasteiger partial charge is 0.450 e. The van der Waals surface area contributed by atoms with Crippen LogP contribution in [0.1, 0.15) is 43.5 Å². The summed E-state index contributed by atoms with van der Waals surface area (Å²) in [5.74, 6) is 0.0375. The lowest BCUT2D eigenvalue weighted by Crippen LogP contribution is -2.47. The first-order valence-corrected chi connectivity index (χ1v) is 9.83. The number of benzene rings is 1. The average Bonchev–Trinajstić information content (AvgIpc) is 2.97. The van der Waals surface area contributed by atoms with Crippen molar-refractivity contribution in [3.05, 3.63) is 35.0 Å². The van der Waals surface area contributed by atoms with Crippen molar-refractivity contribution >= 4 is 22.9 Å². The highest BCUT2D eigenvalue weighted by Gasteiger charge is 2.25. The molecule has 0 aliphatic carbocycles. The summed E-state index contributed by atoms with van der Waals surface area (Å²) >= 11 is 0. The molecule has 0 radical (unpaired) electrons. The first-order valence-electron chi connectivity index (χ1n) is 9.83. The van der Waals surface area contributed by atoms with Crippen LogP contribution in [0.2, 0.25) is 0 Å². The fourth-order valence-electron chi connectivity index (χ4n) is 3.74. The number of fused-ring (bicyclic) bond motifs is 1. The normalized spacial score (nSPS) is 15.1. The van der Waals surface area contributed by atoms with E-state index in [1.807, 2.05) is 6.92 Å². The summed E-state index contributed by atoms with van der Waals surface area (Å²) in [6.45, 7) is 7.59. The molecule has 0 saturated carbocycles. The van der Waals surface area contributed by atoms with Crippen molar-refractivity contribution < 1.29 is 14.3 Å². The van der Waals surface area contributed by atoms with Crippen LogP contribution in [0.4, 0.5) is 4.79 Å². The zero-order valence-corrected chi connectivity index (χ0v) is 16.4. The van der Waals surface area contributed by atoms with Crippen molar-refractivity contribution in [1.29, 1.82) is 0 Å². The van der Waals surface area contributed by atoms with Gasteiger partial charge in [-0.05, 0) is 56.4 Å². The predicted molar refractivity (Wildman–Crippen MR) is 106 cm³/mol. The van der Waals surface area contributed by atoms with Gasteiger partial charge in [0.25, 0.3) is 0 Å². The molecule has 2 amide bonds. The third-order valence-electron chi connectivity index (χ3n) is 5.32. The second kappa shape index (κ2) is 8.46. The fraction of sp³-hybridized carbons (Fsp3) is 0.524. The molecule has 0 spiro atoms. The van der Waals surface area contributed by atoms with E-state index in [0.29, 0.717) is 26.1 Å². The molecule has 1 aliphatic rings. The van der Waals surface area contributed by atoms with Gasteiger partial charge in [-0.1, -0.05) is 13.0 Å². The summed E-state index contributed by atoms with van der Waals surface area (Å²) in [5, 5.41) is 4.28. The van der Waals surface area contributed by atoms with E-state index in [1.54, 1.807) is 11.8 Å². The molecular weight excluding hydrogens is 342 g/mol. The number of carbonyl (C=O) groups excluding carboxylic acids is 2. The smallest absolute Gasteiger partial charge is 0.409 e. The number of rotatable bonds is 5. The summed E-state index contributed by atoms with van der Waals surface area (Å²) in [5.41, 5.74) is 4.47. The number of ether oxygens (including phenoxy) is 1. The predicted octanol–water partition coefficient (Wildman–Crippen LogP) is 3.32. The number of hydrogen-bond donors (Lipinski definition) is 2. The van der Waals surface area contributed by atoms with Crippen LogP contribution in [-0.2, 0) is 22.4 Å². The summed E-state index contributed by atoms with van der Waals surface area (Å²) in [6, 6.07) is 6.51. The Morgan fingerprint density at radius 1 is 1.26 bits per heavy atom. The standard InChI is InChI=1S/C21H29N3O3/c1-4-15-6-7-19-18(12-15)17(14(3)22-19)13-20(25)23-16-8-10-24(11-9-16)21(26)27-5-2/h6-7,12,16,22H,4-5,8-11,13H2,1-3H3,(H,23,25). The molecule has 1 aromatic heterocycles. The minimum Gasteiger partial charge on any atom is -0.450 e. The number of aryl methyl sites for hydroxylation is 2. The van der Waals surface area contributed by atoms with Crippen molar-refractivity contribution in [3.8, 4) is 0 Å². The van der Waals surface area contributed by atoms with Gasteiger partial charge in [-0.3, -0.25) is 4.79 Å². The zero-order valence-electron chi connectivity index (χ0n) is 16.4. The van der Waals surface area contributed by atoms with Crippen molar-refractivity contribution in [2.75, 3.05) is 19.7 Å². The quantitative estimate of drug-likeness (QED) is 0.847. The monoisotopic (exact) mass is 371 g/mol. The highest BCUT2D eigenvalue weighted by atomic mass is 16.6. The van der Waals surface area contributed by atoms with Crippen LogP contribution in [-0.4, -0.2) is 47.6 Å². The van der Waals surface area contributed by atoms with E-state index in [1.165, 1.54) is 5.56 Å². The molecule has 0 bridgehead atoms. The van der Waals surface area contributed by atoms with Crippen LogP contribution in [0, 0.1) is 6.92 Å². The van der Waals surface area contributed by atoms with Crippen molar-refractivity contribution in [3.63, 3.8) is 0 Å². The van der Waals surface area contributed by atoms with Gasteiger partial charge >= 0.3 is 6.09 Å². The third kappa shape index (κ3) is 4.43. The number of hydrogen-bond acceptors (Lipinski definition) is 3. The Labute approximate surface area is 160 Å². The second-order valence-electron chi connectivity index (χ2n) is 7.17. The van der Waals surface area contributed by atoms with E-state index in [2.05, 4.69) is 35.4 Å². The number of H-pyrrole nitrogens is 1. The van der Waals surface area contributed by atoms with Crippen LogP contribution in [0.25, 0.3) is 10.9 Å². The second-order valence-corrected chi connectivity index (χ2v) is 7.17. The van der Waals surface area contributed by atoms with Gasteiger partial charge in [-0.25, -0.2) is 4.79 Å². The molecule has 27 heavy (non-hydrogen) atoms. The average molecular weight is 371 g/mol. The van der Waals surface area contributed by atoms with Crippen LogP contribution >= 0.6 is 0 Å². The van der Waals surface area contributed by atoms with Gasteiger partial charge in [0, 0.05) is 35.7 Å². The van der Waals surface area contributed by atoms with Gasteiger partial charge in [0.15, 0.2) is 0 Å². The number of carbonyl (C=O) groups is 2. The molecule has 3 rings (SSSR count). The van der Waals surface area contributed by atoms with Crippen LogP contribution < -0.4 is 5.32 Å². The molecule has 1 saturated heterocycles. The minimum atomic E-state index is -0.261. The molecule has 146 valence electrons. The van der Waals surface area contributed by atoms with E-state index < -0.39 is 0 Å². The Balaban J connectivity index is 1.60. The number of nitrogens with zero attached hydrogens (tertiary/aromatic N) is 1. The summed E-state index contributed by atoms with van der Waals surface area (Å²) < 4.78 is 5.04. The Hall–Kier alpha value is -2.50. The van der Waals surface area contributed by atoms with Crippen LogP contribution in [0.3, 0.4) is 0 Å². The molecule has 6 nitrogen and oxygen atoms in total. The SMILES string of the molecule is CCOC(=O)N1CCC(NC(=O)Cc2c(C)[nH]c3ccc(CC)cc23)CC1. The third-order valence-corrected chi connectivity index (χ3v) is 5.32. The molecular formula is C21H29N3O3. The lowest BCUT2D eigenvalue weighted by atomic mass is 10.0. The minimum absolute atomic E-state index is 0.0375. The van der Waals surface area contributed by atoms with Gasteiger partial charge in [0.2, 0.25) is 5.91 Å². The molecule has 2 aromatic rings. The van der Waals surface area contributed by atoms with Crippen molar-refractivity contribution in [2.24, 2.45) is 0 Å². The topological polar surface area (TPSA) is 74.4 Å². The first kappa shape index (κ1) is 19.3. The maximum absolute atomic E-state index is 12.6. The van der Waals surface area contributed by atoms with E-state index in [9.17, 15) is 9.59 Å². The van der Waals surface area contributed by atoms with Gasteiger partial charge in [-0.15, -0.1) is 0 Å². The summed E-state index contributed by atoms with van der Waals surface area (Å²) in [6.07, 6.45) is 2.61. The van der Waals surface area contributed by atoms with Crippen molar-refractivity contribution in [2.45, 2.75) is 52.5 Å². The number of amides is 2. The highest BCUT2D eigenvalue weighted by molar-refractivity contribution is 5.90. The zero-order chi connectivity index (χ0) is 19.4. The molecule has 1 aliphatic heterocycles. The van der Waals surface area contributed by atoms with E-state index in [-0.39, 0.29) is 18.0 Å². The molecule has 0 unspecified atom stereocenters. The molecule has 2 N–H and O–H groups in total. The van der Waals surface area contributed by atoms with Crippen molar-refractivity contribution in [1.82, 2.24) is 15.2 Å². The maximum Gasteiger partial charge on any atom is 0.409 e. The number of likely N-dealkylation sites (tertiary alicyclic amines) is 1. The van der Waals surface area contributed by atoms with Crippen LogP contribution in [0.15, 0.2) is 18.2 Å². The number of aromatic amines is 1. The fourth-order valence-corrected chi connectivity index (χ4v) is 3.74. The molecule has 0 atom stereocenters. The van der Waals surface area contributed by atoms with Gasteiger partial charge in [-0.2, -0.15) is 0 Å². The van der Waals surface area contributed by atoms with Gasteiger partial charge < -0.3 is 19.9 Å². The van der Waals surface area contributed by atoms with Crippen LogP contribution in [0.5, 0.6) is 0 Å². The van der Waals surface area contributed by atoms with Gasteiger partial charge in [0.1, 0.15) is 0 Å². The Bertz CT molecular complexity index is 819. The Morgan fingerprint density at radius 3 is 2.67 bits per heavy atom. The molecule has 6 heteroatoms. The number of aromatic nitrogens is 1. The van der Waals surface area contributed by atoms with E-state index in [4.69, 9.17) is 4.74 Å². The van der Waals surface area contributed by atoms with E-state index in [0.717, 1.165) is 41.4 Å². The highest BCUT2D eigenvalue weighted by Crippen LogP contribution is 2.24. The van der Waals surface area contributed by atoms with E-state index >= 15 is 0 Å². The van der Waals surface area contributed by atoms with Gasteiger partial charge in [0.05, 0.1) is 13.0 Å². The lowest BCUT2D eigenvalue weighted by molar-refractivity contribution is -0.121. The first-order chi connectivity index (χ1) is 13.0. The molecule has 2 heterocycles. The number of nitrogens with one attached hydrogen (secondary N) is 2. The number of piperidine rings is 1. The maximum atomic E-state index is 12.6. The summed E-state index contributed by atoms with van der Waals surface area (Å²) in [7, 11) is 0. The Kier molecular flexibility index (Phi) is 6.04. The molecule has 1 fully saturated rings. The lowest BCUT2D eigenvalue weighted by Gasteiger charge is -2.31. The Morgan fingerprint density at radius 2 is 2.00 bits per heavy atom. The summed E-state index contributed by atoms with van der Waals surface area (Å²) in [4.78, 5) is 29.5.